The Morgan fingerprint density at radius 1 is 0.558 bits per heavy atom. The molecule has 0 N–H and O–H groups in total. The van der Waals surface area contributed by atoms with Crippen LogP contribution < -0.4 is 5.56 Å². The Bertz CT molecular complexity index is 2530. The van der Waals surface area contributed by atoms with E-state index in [4.69, 9.17) is 19.4 Å². The van der Waals surface area contributed by atoms with Gasteiger partial charge < -0.3 is 4.42 Å². The third-order valence-electron chi connectivity index (χ3n) is 7.69. The van der Waals surface area contributed by atoms with Crippen LogP contribution in [0.25, 0.3) is 82.2 Å². The molecule has 0 aliphatic heterocycles. The highest BCUT2D eigenvalue weighted by atomic mass is 32.1. The van der Waals surface area contributed by atoms with Crippen LogP contribution >= 0.6 is 11.3 Å². The van der Waals surface area contributed by atoms with Crippen molar-refractivity contribution >= 4 is 59.4 Å². The van der Waals surface area contributed by atoms with Gasteiger partial charge in [-0.2, -0.15) is 4.98 Å². The molecular formula is C35H19N5O2S. The number of rotatable bonds is 3. The smallest absolute Gasteiger partial charge is 0.310 e. The molecule has 0 bridgehead atoms. The van der Waals surface area contributed by atoms with Gasteiger partial charge in [-0.15, -0.1) is 11.3 Å². The minimum Gasteiger partial charge on any atom is -0.424 e. The molecule has 8 heteroatoms. The van der Waals surface area contributed by atoms with Crippen molar-refractivity contribution < 1.29 is 4.42 Å². The van der Waals surface area contributed by atoms with Crippen molar-refractivity contribution in [1.82, 2.24) is 24.3 Å². The van der Waals surface area contributed by atoms with E-state index in [2.05, 4.69) is 23.2 Å². The summed E-state index contributed by atoms with van der Waals surface area (Å²) in [5.74, 6) is 2.11. The molecule has 5 aromatic carbocycles. The minimum atomic E-state index is -0.147. The SMILES string of the molecule is O=c1c2ccccc2oc2nc3cc4sc5ccc(-c6nc(-c7ccccc7)nc(-c7ccccc7)n6)cc5c4cc3n12. The molecule has 0 radical (unpaired) electrons. The van der Waals surface area contributed by atoms with Crippen LogP contribution in [0.2, 0.25) is 0 Å². The predicted molar refractivity (Wildman–Crippen MR) is 171 cm³/mol. The molecule has 0 saturated heterocycles. The predicted octanol–water partition coefficient (Wildman–Crippen LogP) is 8.15. The Balaban J connectivity index is 1.27. The summed E-state index contributed by atoms with van der Waals surface area (Å²) in [6.45, 7) is 0. The average Bonchev–Trinajstić information content (AvgIpc) is 3.61. The van der Waals surface area contributed by atoms with E-state index in [1.807, 2.05) is 84.9 Å². The fraction of sp³-hybridized carbons (Fsp3) is 0. The largest absolute Gasteiger partial charge is 0.424 e. The topological polar surface area (TPSA) is 86.2 Å². The van der Waals surface area contributed by atoms with E-state index in [0.717, 1.165) is 36.9 Å². The zero-order valence-corrected chi connectivity index (χ0v) is 23.2. The van der Waals surface area contributed by atoms with Gasteiger partial charge in [-0.1, -0.05) is 72.8 Å². The van der Waals surface area contributed by atoms with E-state index < -0.39 is 0 Å². The Labute approximate surface area is 247 Å². The lowest BCUT2D eigenvalue weighted by atomic mass is 10.1. The van der Waals surface area contributed by atoms with Crippen molar-refractivity contribution in [3.63, 3.8) is 0 Å². The molecule has 0 fully saturated rings. The third-order valence-corrected chi connectivity index (χ3v) is 8.83. The highest BCUT2D eigenvalue weighted by Crippen LogP contribution is 2.38. The average molecular weight is 574 g/mol. The van der Waals surface area contributed by atoms with Crippen LogP contribution in [0.1, 0.15) is 0 Å². The maximum absolute atomic E-state index is 13.5. The monoisotopic (exact) mass is 573 g/mol. The second-order valence-electron chi connectivity index (χ2n) is 10.3. The lowest BCUT2D eigenvalue weighted by Gasteiger charge is -2.08. The van der Waals surface area contributed by atoms with Crippen LogP contribution in [-0.4, -0.2) is 24.3 Å². The van der Waals surface area contributed by atoms with Crippen molar-refractivity contribution in [3.8, 4) is 34.2 Å². The van der Waals surface area contributed by atoms with Crippen LogP contribution in [0.3, 0.4) is 0 Å². The molecule has 0 spiro atoms. The summed E-state index contributed by atoms with van der Waals surface area (Å²) in [6, 6.07) is 37.5. The molecule has 9 rings (SSSR count). The van der Waals surface area contributed by atoms with Gasteiger partial charge in [0.25, 0.3) is 5.56 Å². The number of benzene rings is 5. The number of fused-ring (bicyclic) bond motifs is 7. The first kappa shape index (κ1) is 23.9. The van der Waals surface area contributed by atoms with Gasteiger partial charge in [-0.05, 0) is 42.5 Å². The molecule has 0 aliphatic rings. The molecule has 0 atom stereocenters. The van der Waals surface area contributed by atoms with Crippen molar-refractivity contribution in [3.05, 3.63) is 126 Å². The van der Waals surface area contributed by atoms with Crippen molar-refractivity contribution in [2.45, 2.75) is 0 Å². The highest BCUT2D eigenvalue weighted by molar-refractivity contribution is 7.25. The minimum absolute atomic E-state index is 0.147. The number of hydrogen-bond acceptors (Lipinski definition) is 7. The maximum atomic E-state index is 13.5. The third kappa shape index (κ3) is 3.77. The summed E-state index contributed by atoms with van der Waals surface area (Å²) in [6.07, 6.45) is 0. The van der Waals surface area contributed by atoms with Gasteiger partial charge in [0.15, 0.2) is 17.5 Å². The van der Waals surface area contributed by atoms with Crippen LogP contribution in [0.15, 0.2) is 124 Å². The molecule has 4 heterocycles. The number of para-hydroxylation sites is 1. The summed E-state index contributed by atoms with van der Waals surface area (Å²) >= 11 is 1.69. The molecule has 4 aromatic heterocycles. The Hall–Kier alpha value is -5.73. The molecule has 0 amide bonds. The molecule has 0 aliphatic carbocycles. The van der Waals surface area contributed by atoms with Crippen LogP contribution in [0.4, 0.5) is 0 Å². The molecule has 7 nitrogen and oxygen atoms in total. The van der Waals surface area contributed by atoms with Gasteiger partial charge >= 0.3 is 5.84 Å². The highest BCUT2D eigenvalue weighted by Gasteiger charge is 2.17. The fourth-order valence-electron chi connectivity index (χ4n) is 5.62. The number of thiophene rings is 1. The van der Waals surface area contributed by atoms with E-state index in [1.54, 1.807) is 27.9 Å². The van der Waals surface area contributed by atoms with Gasteiger partial charge in [0.1, 0.15) is 5.58 Å². The first-order valence-corrected chi connectivity index (χ1v) is 14.6. The van der Waals surface area contributed by atoms with Crippen LogP contribution in [0.5, 0.6) is 0 Å². The zero-order chi connectivity index (χ0) is 28.5. The summed E-state index contributed by atoms with van der Waals surface area (Å²) in [4.78, 5) is 32.8. The van der Waals surface area contributed by atoms with E-state index in [9.17, 15) is 4.79 Å². The van der Waals surface area contributed by atoms with E-state index in [-0.39, 0.29) is 11.4 Å². The van der Waals surface area contributed by atoms with Gasteiger partial charge in [0.2, 0.25) is 0 Å². The van der Waals surface area contributed by atoms with Crippen molar-refractivity contribution in [1.29, 1.82) is 0 Å². The summed E-state index contributed by atoms with van der Waals surface area (Å²) in [5, 5.41) is 2.61. The fourth-order valence-corrected chi connectivity index (χ4v) is 6.72. The molecule has 43 heavy (non-hydrogen) atoms. The lowest BCUT2D eigenvalue weighted by molar-refractivity contribution is 0.616. The summed E-state index contributed by atoms with van der Waals surface area (Å²) in [7, 11) is 0. The van der Waals surface area contributed by atoms with E-state index >= 15 is 0 Å². The van der Waals surface area contributed by atoms with E-state index in [0.29, 0.717) is 39.5 Å². The summed E-state index contributed by atoms with van der Waals surface area (Å²) in [5.41, 5.74) is 4.53. The first-order chi connectivity index (χ1) is 21.2. The molecule has 9 aromatic rings. The van der Waals surface area contributed by atoms with Crippen LogP contribution in [-0.2, 0) is 0 Å². The molecule has 202 valence electrons. The van der Waals surface area contributed by atoms with Gasteiger partial charge in [0, 0.05) is 36.9 Å². The zero-order valence-electron chi connectivity index (χ0n) is 22.4. The number of aromatic nitrogens is 5. The standard InChI is InChI=1S/C35H19N5O2S/c41-34-23-13-7-8-14-28(23)42-35-36-26-19-30-25(18-27(26)40(34)35)24-17-22(15-16-29(24)43-30)33-38-31(20-9-3-1-4-10-20)37-32(39-33)21-11-5-2-6-12-21/h1-19H. The quantitative estimate of drug-likeness (QED) is 0.212. The van der Waals surface area contributed by atoms with Crippen molar-refractivity contribution in [2.24, 2.45) is 0 Å². The number of nitrogens with zero attached hydrogens (tertiary/aromatic N) is 5. The number of imidazole rings is 1. The molecule has 0 saturated carbocycles. The number of hydrogen-bond donors (Lipinski definition) is 0. The molecule has 0 unspecified atom stereocenters. The normalized spacial score (nSPS) is 11.8. The lowest BCUT2D eigenvalue weighted by Crippen LogP contribution is -2.12. The summed E-state index contributed by atoms with van der Waals surface area (Å²) < 4.78 is 9.77. The second kappa shape index (κ2) is 9.14. The van der Waals surface area contributed by atoms with E-state index in [1.165, 1.54) is 0 Å². The Morgan fingerprint density at radius 2 is 1.19 bits per heavy atom. The second-order valence-corrected chi connectivity index (χ2v) is 11.4. The Morgan fingerprint density at radius 3 is 1.91 bits per heavy atom. The Kier molecular flexibility index (Phi) is 5.08. The van der Waals surface area contributed by atoms with Gasteiger partial charge in [-0.25, -0.2) is 19.4 Å². The maximum Gasteiger partial charge on any atom is 0.310 e. The van der Waals surface area contributed by atoms with Gasteiger partial charge in [0.05, 0.1) is 16.4 Å². The van der Waals surface area contributed by atoms with Crippen LogP contribution in [0, 0.1) is 0 Å². The van der Waals surface area contributed by atoms with Gasteiger partial charge in [-0.3, -0.25) is 4.79 Å². The molecular weight excluding hydrogens is 554 g/mol. The first-order valence-electron chi connectivity index (χ1n) is 13.8. The van der Waals surface area contributed by atoms with Crippen molar-refractivity contribution in [2.75, 3.05) is 0 Å².